The van der Waals surface area contributed by atoms with Crippen molar-refractivity contribution in [1.82, 2.24) is 4.98 Å². The Morgan fingerprint density at radius 2 is 1.86 bits per heavy atom. The lowest BCUT2D eigenvalue weighted by molar-refractivity contribution is 0.102. The zero-order valence-corrected chi connectivity index (χ0v) is 13.0. The van der Waals surface area contributed by atoms with E-state index >= 15 is 0 Å². The standard InChI is InChI=1S/C16H18ClN3O/c1-16(2,3)11-4-6-12(7-5-11)20-15(21)10-8-13(17)14(18)19-9-10/h4-9H,1-3H3,(H2,18,19)(H,20,21). The molecule has 0 atom stereocenters. The van der Waals surface area contributed by atoms with E-state index in [0.29, 0.717) is 5.56 Å². The van der Waals surface area contributed by atoms with Crippen LogP contribution in [-0.2, 0) is 5.41 Å². The fourth-order valence-electron chi connectivity index (χ4n) is 1.83. The summed E-state index contributed by atoms with van der Waals surface area (Å²) in [5.41, 5.74) is 7.90. The molecule has 2 aromatic rings. The summed E-state index contributed by atoms with van der Waals surface area (Å²) < 4.78 is 0. The van der Waals surface area contributed by atoms with Crippen LogP contribution >= 0.6 is 11.6 Å². The van der Waals surface area contributed by atoms with Gasteiger partial charge in [0.1, 0.15) is 5.82 Å². The summed E-state index contributed by atoms with van der Waals surface area (Å²) in [6.07, 6.45) is 1.40. The lowest BCUT2D eigenvalue weighted by Crippen LogP contribution is -2.14. The van der Waals surface area contributed by atoms with Gasteiger partial charge in [-0.3, -0.25) is 4.79 Å². The number of nitrogens with two attached hydrogens (primary N) is 1. The summed E-state index contributed by atoms with van der Waals surface area (Å²) in [4.78, 5) is 16.0. The molecule has 1 heterocycles. The lowest BCUT2D eigenvalue weighted by atomic mass is 9.87. The maximum Gasteiger partial charge on any atom is 0.257 e. The molecule has 0 aliphatic rings. The molecule has 0 aliphatic heterocycles. The van der Waals surface area contributed by atoms with Crippen molar-refractivity contribution in [2.24, 2.45) is 0 Å². The molecular weight excluding hydrogens is 286 g/mol. The van der Waals surface area contributed by atoms with E-state index in [2.05, 4.69) is 31.1 Å². The van der Waals surface area contributed by atoms with Crippen LogP contribution in [0.3, 0.4) is 0 Å². The van der Waals surface area contributed by atoms with Crippen molar-refractivity contribution in [3.05, 3.63) is 52.7 Å². The number of carbonyl (C=O) groups is 1. The number of hydrogen-bond donors (Lipinski definition) is 2. The van der Waals surface area contributed by atoms with E-state index in [1.165, 1.54) is 17.8 Å². The van der Waals surface area contributed by atoms with E-state index in [1.54, 1.807) is 0 Å². The molecule has 0 radical (unpaired) electrons. The Morgan fingerprint density at radius 3 is 2.38 bits per heavy atom. The van der Waals surface area contributed by atoms with Crippen molar-refractivity contribution in [2.45, 2.75) is 26.2 Å². The zero-order chi connectivity index (χ0) is 15.6. The maximum atomic E-state index is 12.1. The lowest BCUT2D eigenvalue weighted by Gasteiger charge is -2.19. The minimum atomic E-state index is -0.270. The van der Waals surface area contributed by atoms with Crippen LogP contribution < -0.4 is 11.1 Å². The van der Waals surface area contributed by atoms with Crippen LogP contribution in [0.25, 0.3) is 0 Å². The van der Waals surface area contributed by atoms with Gasteiger partial charge >= 0.3 is 0 Å². The molecular formula is C16H18ClN3O. The summed E-state index contributed by atoms with van der Waals surface area (Å²) in [5.74, 6) is -0.0596. The number of nitrogen functional groups attached to an aromatic ring is 1. The van der Waals surface area contributed by atoms with E-state index in [4.69, 9.17) is 17.3 Å². The molecule has 4 nitrogen and oxygen atoms in total. The van der Waals surface area contributed by atoms with E-state index in [-0.39, 0.29) is 22.2 Å². The van der Waals surface area contributed by atoms with Gasteiger partial charge in [-0.1, -0.05) is 44.5 Å². The van der Waals surface area contributed by atoms with Crippen molar-refractivity contribution >= 4 is 29.0 Å². The highest BCUT2D eigenvalue weighted by Crippen LogP contribution is 2.24. The number of anilines is 2. The highest BCUT2D eigenvalue weighted by atomic mass is 35.5. The van der Waals surface area contributed by atoms with E-state index in [0.717, 1.165) is 5.69 Å². The number of carbonyl (C=O) groups excluding carboxylic acids is 1. The first kappa shape index (κ1) is 15.3. The van der Waals surface area contributed by atoms with Crippen molar-refractivity contribution in [1.29, 1.82) is 0 Å². The number of benzene rings is 1. The summed E-state index contributed by atoms with van der Waals surface area (Å²) in [5, 5.41) is 3.07. The van der Waals surface area contributed by atoms with Gasteiger partial charge in [-0.25, -0.2) is 4.98 Å². The molecule has 0 bridgehead atoms. The Balaban J connectivity index is 2.14. The van der Waals surface area contributed by atoms with Gasteiger partial charge in [-0.05, 0) is 29.2 Å². The Bertz CT molecular complexity index is 660. The number of amides is 1. The third-order valence-electron chi connectivity index (χ3n) is 3.14. The van der Waals surface area contributed by atoms with Gasteiger partial charge in [-0.2, -0.15) is 0 Å². The number of aromatic nitrogens is 1. The highest BCUT2D eigenvalue weighted by Gasteiger charge is 2.14. The van der Waals surface area contributed by atoms with E-state index in [9.17, 15) is 4.79 Å². The summed E-state index contributed by atoms with van der Waals surface area (Å²) >= 11 is 5.86. The first-order valence-electron chi connectivity index (χ1n) is 6.60. The summed E-state index contributed by atoms with van der Waals surface area (Å²) in [6, 6.07) is 9.27. The zero-order valence-electron chi connectivity index (χ0n) is 12.3. The predicted molar refractivity (Wildman–Crippen MR) is 86.8 cm³/mol. The topological polar surface area (TPSA) is 68.0 Å². The van der Waals surface area contributed by atoms with E-state index < -0.39 is 0 Å². The van der Waals surface area contributed by atoms with Crippen LogP contribution in [0, 0.1) is 0 Å². The van der Waals surface area contributed by atoms with Crippen molar-refractivity contribution in [3.8, 4) is 0 Å². The molecule has 0 unspecified atom stereocenters. The number of nitrogens with zero attached hydrogens (tertiary/aromatic N) is 1. The third-order valence-corrected chi connectivity index (χ3v) is 3.44. The molecule has 21 heavy (non-hydrogen) atoms. The molecule has 0 saturated heterocycles. The van der Waals surface area contributed by atoms with Crippen LogP contribution in [-0.4, -0.2) is 10.9 Å². The SMILES string of the molecule is CC(C)(C)c1ccc(NC(=O)c2cnc(N)c(Cl)c2)cc1. The number of rotatable bonds is 2. The smallest absolute Gasteiger partial charge is 0.257 e. The van der Waals surface area contributed by atoms with Crippen molar-refractivity contribution in [3.63, 3.8) is 0 Å². The van der Waals surface area contributed by atoms with Crippen LogP contribution in [0.4, 0.5) is 11.5 Å². The Labute approximate surface area is 129 Å². The summed E-state index contributed by atoms with van der Waals surface area (Å²) in [6.45, 7) is 6.42. The Morgan fingerprint density at radius 1 is 1.24 bits per heavy atom. The molecule has 5 heteroatoms. The quantitative estimate of drug-likeness (QED) is 0.885. The molecule has 2 rings (SSSR count). The molecule has 1 aromatic heterocycles. The average molecular weight is 304 g/mol. The highest BCUT2D eigenvalue weighted by molar-refractivity contribution is 6.33. The van der Waals surface area contributed by atoms with Gasteiger partial charge in [0.05, 0.1) is 10.6 Å². The van der Waals surface area contributed by atoms with Gasteiger partial charge in [-0.15, -0.1) is 0 Å². The monoisotopic (exact) mass is 303 g/mol. The molecule has 0 aliphatic carbocycles. The van der Waals surface area contributed by atoms with Gasteiger partial charge in [0.2, 0.25) is 0 Å². The number of halogens is 1. The van der Waals surface area contributed by atoms with Crippen LogP contribution in [0.15, 0.2) is 36.5 Å². The third kappa shape index (κ3) is 3.73. The average Bonchev–Trinajstić information content (AvgIpc) is 2.41. The second-order valence-electron chi connectivity index (χ2n) is 5.87. The predicted octanol–water partition coefficient (Wildman–Crippen LogP) is 3.87. The van der Waals surface area contributed by atoms with Crippen LogP contribution in [0.1, 0.15) is 36.7 Å². The van der Waals surface area contributed by atoms with Crippen LogP contribution in [0.2, 0.25) is 5.02 Å². The maximum absolute atomic E-state index is 12.1. The van der Waals surface area contributed by atoms with Gasteiger partial charge in [0.15, 0.2) is 0 Å². The minimum absolute atomic E-state index is 0.0803. The molecule has 110 valence electrons. The number of pyridine rings is 1. The van der Waals surface area contributed by atoms with Gasteiger partial charge in [0, 0.05) is 11.9 Å². The van der Waals surface area contributed by atoms with Gasteiger partial charge in [0.25, 0.3) is 5.91 Å². The second-order valence-corrected chi connectivity index (χ2v) is 6.28. The molecule has 0 saturated carbocycles. The van der Waals surface area contributed by atoms with Gasteiger partial charge < -0.3 is 11.1 Å². The molecule has 3 N–H and O–H groups in total. The molecule has 1 amide bonds. The Kier molecular flexibility index (Phi) is 4.19. The van der Waals surface area contributed by atoms with Crippen molar-refractivity contribution < 1.29 is 4.79 Å². The summed E-state index contributed by atoms with van der Waals surface area (Å²) in [7, 11) is 0. The number of hydrogen-bond acceptors (Lipinski definition) is 3. The molecule has 0 spiro atoms. The number of nitrogens with one attached hydrogen (secondary N) is 1. The molecule has 0 fully saturated rings. The normalized spacial score (nSPS) is 11.2. The Hall–Kier alpha value is -2.07. The minimum Gasteiger partial charge on any atom is -0.382 e. The first-order chi connectivity index (χ1) is 9.77. The fraction of sp³-hybridized carbons (Fsp3) is 0.250. The van der Waals surface area contributed by atoms with Crippen molar-refractivity contribution in [2.75, 3.05) is 11.1 Å². The first-order valence-corrected chi connectivity index (χ1v) is 6.98. The second kappa shape index (κ2) is 5.74. The van der Waals surface area contributed by atoms with E-state index in [1.807, 2.05) is 24.3 Å². The fourth-order valence-corrected chi connectivity index (χ4v) is 2.00. The van der Waals surface area contributed by atoms with Crippen LogP contribution in [0.5, 0.6) is 0 Å². The molecule has 1 aromatic carbocycles. The largest absolute Gasteiger partial charge is 0.382 e.